The van der Waals surface area contributed by atoms with Gasteiger partial charge in [-0.25, -0.2) is 0 Å². The Labute approximate surface area is 71.3 Å². The zero-order chi connectivity index (χ0) is 8.10. The maximum Gasteiger partial charge on any atom is 0.0781 e. The molecule has 1 aromatic rings. The topological polar surface area (TPSA) is 0 Å². The standard InChI is InChI=1S/C10H8S/c1-3-5-9-7-8-10(11-9)6-4-2/h7-8H,1-2H3. The van der Waals surface area contributed by atoms with E-state index in [1.165, 1.54) is 0 Å². The van der Waals surface area contributed by atoms with Gasteiger partial charge in [-0.1, -0.05) is 11.8 Å². The normalized spacial score (nSPS) is 7.45. The van der Waals surface area contributed by atoms with E-state index >= 15 is 0 Å². The second-order valence-corrected chi connectivity index (χ2v) is 3.00. The summed E-state index contributed by atoms with van der Waals surface area (Å²) in [6.45, 7) is 3.68. The summed E-state index contributed by atoms with van der Waals surface area (Å²) in [4.78, 5) is 2.18. The lowest BCUT2D eigenvalue weighted by molar-refractivity contribution is 1.84. The van der Waals surface area contributed by atoms with Crippen LogP contribution in [0.3, 0.4) is 0 Å². The van der Waals surface area contributed by atoms with Crippen LogP contribution in [0.2, 0.25) is 0 Å². The molecule has 1 rings (SSSR count). The third-order valence-corrected chi connectivity index (χ3v) is 2.02. The first kappa shape index (κ1) is 7.92. The molecule has 0 aliphatic heterocycles. The summed E-state index contributed by atoms with van der Waals surface area (Å²) >= 11 is 1.63. The lowest BCUT2D eigenvalue weighted by atomic mass is 10.4. The van der Waals surface area contributed by atoms with Gasteiger partial charge >= 0.3 is 0 Å². The SMILES string of the molecule is CC#Cc1ccc(C#CC)s1. The number of hydrogen-bond donors (Lipinski definition) is 0. The predicted octanol–water partition coefficient (Wildman–Crippen LogP) is 2.49. The van der Waals surface area contributed by atoms with E-state index in [-0.39, 0.29) is 0 Å². The summed E-state index contributed by atoms with van der Waals surface area (Å²) in [5.41, 5.74) is 0. The van der Waals surface area contributed by atoms with Crippen LogP contribution in [-0.4, -0.2) is 0 Å². The molecule has 0 saturated carbocycles. The number of rotatable bonds is 0. The van der Waals surface area contributed by atoms with Crippen LogP contribution in [0.15, 0.2) is 12.1 Å². The van der Waals surface area contributed by atoms with Crippen molar-refractivity contribution in [1.29, 1.82) is 0 Å². The van der Waals surface area contributed by atoms with Gasteiger partial charge < -0.3 is 0 Å². The summed E-state index contributed by atoms with van der Waals surface area (Å²) in [5, 5.41) is 0. The van der Waals surface area contributed by atoms with E-state index < -0.39 is 0 Å². The van der Waals surface area contributed by atoms with Gasteiger partial charge in [0.2, 0.25) is 0 Å². The quantitative estimate of drug-likeness (QED) is 0.511. The molecule has 0 radical (unpaired) electrons. The highest BCUT2D eigenvalue weighted by Crippen LogP contribution is 2.13. The first-order valence-electron chi connectivity index (χ1n) is 3.32. The zero-order valence-corrected chi connectivity index (χ0v) is 7.38. The van der Waals surface area contributed by atoms with Crippen molar-refractivity contribution in [2.45, 2.75) is 13.8 Å². The third-order valence-electron chi connectivity index (χ3n) is 1.10. The molecule has 0 atom stereocenters. The first-order chi connectivity index (χ1) is 5.36. The molecule has 1 heteroatoms. The monoisotopic (exact) mass is 160 g/mol. The fourth-order valence-corrected chi connectivity index (χ4v) is 1.53. The van der Waals surface area contributed by atoms with Crippen LogP contribution in [0.25, 0.3) is 0 Å². The van der Waals surface area contributed by atoms with E-state index in [1.54, 1.807) is 11.3 Å². The van der Waals surface area contributed by atoms with E-state index in [1.807, 2.05) is 26.0 Å². The Balaban J connectivity index is 2.93. The molecular formula is C10H8S. The van der Waals surface area contributed by atoms with Gasteiger partial charge in [-0.3, -0.25) is 0 Å². The van der Waals surface area contributed by atoms with Crippen LogP contribution < -0.4 is 0 Å². The molecule has 0 N–H and O–H groups in total. The van der Waals surface area contributed by atoms with Gasteiger partial charge in [0.1, 0.15) is 0 Å². The third kappa shape index (κ3) is 2.15. The Bertz CT molecular complexity index is 315. The molecule has 11 heavy (non-hydrogen) atoms. The average Bonchev–Trinajstić information content (AvgIpc) is 2.38. The number of thiophene rings is 1. The van der Waals surface area contributed by atoms with E-state index in [2.05, 4.69) is 23.7 Å². The lowest BCUT2D eigenvalue weighted by Gasteiger charge is -1.74. The Kier molecular flexibility index (Phi) is 2.78. The van der Waals surface area contributed by atoms with E-state index in [4.69, 9.17) is 0 Å². The average molecular weight is 160 g/mol. The van der Waals surface area contributed by atoms with Gasteiger partial charge in [-0.05, 0) is 26.0 Å². The molecular weight excluding hydrogens is 152 g/mol. The molecule has 0 nitrogen and oxygen atoms in total. The van der Waals surface area contributed by atoms with Gasteiger partial charge in [-0.2, -0.15) is 0 Å². The van der Waals surface area contributed by atoms with Gasteiger partial charge in [-0.15, -0.1) is 23.2 Å². The maximum atomic E-state index is 2.99. The van der Waals surface area contributed by atoms with Crippen molar-refractivity contribution in [3.63, 3.8) is 0 Å². The summed E-state index contributed by atoms with van der Waals surface area (Å²) in [6.07, 6.45) is 0. The molecule has 0 bridgehead atoms. The molecule has 54 valence electrons. The maximum absolute atomic E-state index is 2.99. The van der Waals surface area contributed by atoms with Crippen molar-refractivity contribution in [2.75, 3.05) is 0 Å². The van der Waals surface area contributed by atoms with Crippen molar-refractivity contribution >= 4 is 11.3 Å². The van der Waals surface area contributed by atoms with Crippen LogP contribution in [-0.2, 0) is 0 Å². The van der Waals surface area contributed by atoms with E-state index in [0.29, 0.717) is 0 Å². The van der Waals surface area contributed by atoms with Crippen LogP contribution in [0.5, 0.6) is 0 Å². The molecule has 0 amide bonds. The molecule has 0 fully saturated rings. The lowest BCUT2D eigenvalue weighted by Crippen LogP contribution is -1.56. The van der Waals surface area contributed by atoms with Crippen LogP contribution in [0.1, 0.15) is 23.6 Å². The highest BCUT2D eigenvalue weighted by Gasteiger charge is 1.91. The second-order valence-electron chi connectivity index (χ2n) is 1.91. The zero-order valence-electron chi connectivity index (χ0n) is 6.56. The van der Waals surface area contributed by atoms with Gasteiger partial charge in [0.25, 0.3) is 0 Å². The Morgan fingerprint density at radius 3 is 1.82 bits per heavy atom. The van der Waals surface area contributed by atoms with Crippen LogP contribution >= 0.6 is 11.3 Å². The fourth-order valence-electron chi connectivity index (χ4n) is 0.719. The molecule has 0 spiro atoms. The highest BCUT2D eigenvalue weighted by atomic mass is 32.1. The Hall–Kier alpha value is -1.18. The highest BCUT2D eigenvalue weighted by molar-refractivity contribution is 7.13. The predicted molar refractivity (Wildman–Crippen MR) is 49.4 cm³/mol. The molecule has 0 aliphatic rings. The molecule has 0 saturated heterocycles. The summed E-state index contributed by atoms with van der Waals surface area (Å²) < 4.78 is 0. The van der Waals surface area contributed by atoms with Gasteiger partial charge in [0.15, 0.2) is 0 Å². The van der Waals surface area contributed by atoms with Crippen LogP contribution in [0, 0.1) is 23.7 Å². The minimum Gasteiger partial charge on any atom is -0.118 e. The molecule has 1 heterocycles. The summed E-state index contributed by atoms with van der Waals surface area (Å²) in [6, 6.07) is 4.00. The summed E-state index contributed by atoms with van der Waals surface area (Å²) in [7, 11) is 0. The molecule has 0 aliphatic carbocycles. The van der Waals surface area contributed by atoms with Crippen molar-refractivity contribution in [2.24, 2.45) is 0 Å². The van der Waals surface area contributed by atoms with Crippen LogP contribution in [0.4, 0.5) is 0 Å². The fraction of sp³-hybridized carbons (Fsp3) is 0.200. The number of hydrogen-bond acceptors (Lipinski definition) is 1. The van der Waals surface area contributed by atoms with Crippen molar-refractivity contribution < 1.29 is 0 Å². The first-order valence-corrected chi connectivity index (χ1v) is 4.14. The van der Waals surface area contributed by atoms with Crippen molar-refractivity contribution in [1.82, 2.24) is 0 Å². The Morgan fingerprint density at radius 1 is 1.00 bits per heavy atom. The largest absolute Gasteiger partial charge is 0.118 e. The smallest absolute Gasteiger partial charge is 0.0781 e. The second kappa shape index (κ2) is 3.86. The van der Waals surface area contributed by atoms with Crippen molar-refractivity contribution in [3.8, 4) is 23.7 Å². The molecule has 1 aromatic heterocycles. The minimum atomic E-state index is 1.09. The molecule has 0 unspecified atom stereocenters. The van der Waals surface area contributed by atoms with E-state index in [0.717, 1.165) is 9.75 Å². The summed E-state index contributed by atoms with van der Waals surface area (Å²) in [5.74, 6) is 11.7. The minimum absolute atomic E-state index is 1.09. The Morgan fingerprint density at radius 2 is 1.45 bits per heavy atom. The van der Waals surface area contributed by atoms with Gasteiger partial charge in [0, 0.05) is 0 Å². The molecule has 0 aromatic carbocycles. The van der Waals surface area contributed by atoms with E-state index in [9.17, 15) is 0 Å². The van der Waals surface area contributed by atoms with Crippen molar-refractivity contribution in [3.05, 3.63) is 21.9 Å². The van der Waals surface area contributed by atoms with Gasteiger partial charge in [0.05, 0.1) is 9.75 Å².